The maximum Gasteiger partial charge on any atom is 0.321 e. The number of hydrogen-bond acceptors (Lipinski definition) is 10. The lowest BCUT2D eigenvalue weighted by Gasteiger charge is -2.38. The van der Waals surface area contributed by atoms with Crippen molar-refractivity contribution in [2.75, 3.05) is 66.4 Å². The lowest BCUT2D eigenvalue weighted by molar-refractivity contribution is -0.150. The molecule has 16 heteroatoms. The molecule has 0 spiro atoms. The Labute approximate surface area is 335 Å². The van der Waals surface area contributed by atoms with E-state index >= 15 is 0 Å². The molecule has 0 radical (unpaired) electrons. The van der Waals surface area contributed by atoms with Gasteiger partial charge >= 0.3 is 6.03 Å². The monoisotopic (exact) mass is 800 g/mol. The second kappa shape index (κ2) is 25.9. The van der Waals surface area contributed by atoms with Gasteiger partial charge in [0.15, 0.2) is 0 Å². The fourth-order valence-corrected chi connectivity index (χ4v) is 7.03. The van der Waals surface area contributed by atoms with Crippen LogP contribution in [0.5, 0.6) is 0 Å². The number of likely N-dealkylation sites (N-methyl/N-ethyl adjacent to an activating group) is 3. The SMILES string of the molecule is C/C=C/C[C@@H](C)[C@@H](O)[C@@H](C(=O)N[C@@H](CC)C(=O)N(C)[C@H](CSCCN(CC)CC)C(=O)N(C)[C@@H](CC(C)(C)OC)C(=O)NC(=O)NC)N(C)C(=O)CC(C)C. The molecule has 0 rings (SSSR count). The van der Waals surface area contributed by atoms with Gasteiger partial charge in [-0.05, 0) is 58.5 Å². The van der Waals surface area contributed by atoms with Crippen LogP contribution in [0.4, 0.5) is 4.79 Å². The molecule has 318 valence electrons. The molecule has 0 bridgehead atoms. The van der Waals surface area contributed by atoms with Gasteiger partial charge < -0.3 is 40.1 Å². The molecule has 0 aliphatic rings. The Bertz CT molecular complexity index is 1260. The Morgan fingerprint density at radius 3 is 1.96 bits per heavy atom. The van der Waals surface area contributed by atoms with Crippen molar-refractivity contribution in [2.45, 2.75) is 124 Å². The van der Waals surface area contributed by atoms with E-state index in [-0.39, 0.29) is 42.8 Å². The van der Waals surface area contributed by atoms with Gasteiger partial charge in [0.2, 0.25) is 23.6 Å². The van der Waals surface area contributed by atoms with Crippen molar-refractivity contribution in [1.29, 1.82) is 0 Å². The number of allylic oxidation sites excluding steroid dienone is 2. The van der Waals surface area contributed by atoms with Crippen molar-refractivity contribution in [3.8, 4) is 0 Å². The number of aliphatic hydroxyl groups is 1. The minimum absolute atomic E-state index is 0.0161. The molecular formula is C39H73N7O8S. The van der Waals surface area contributed by atoms with Gasteiger partial charge in [-0.25, -0.2) is 4.79 Å². The summed E-state index contributed by atoms with van der Waals surface area (Å²) in [5.41, 5.74) is -0.859. The number of carbonyl (C=O) groups excluding carboxylic acids is 6. The van der Waals surface area contributed by atoms with Crippen molar-refractivity contribution in [3.63, 3.8) is 0 Å². The molecule has 0 aromatic heterocycles. The van der Waals surface area contributed by atoms with Gasteiger partial charge in [0.1, 0.15) is 24.2 Å². The van der Waals surface area contributed by atoms with Gasteiger partial charge in [-0.3, -0.25) is 29.3 Å². The molecule has 4 N–H and O–H groups in total. The quantitative estimate of drug-likeness (QED) is 0.0793. The van der Waals surface area contributed by atoms with E-state index in [0.717, 1.165) is 19.6 Å². The molecule has 6 atom stereocenters. The van der Waals surface area contributed by atoms with Crippen molar-refractivity contribution in [2.24, 2.45) is 11.8 Å². The number of thioether (sulfide) groups is 1. The van der Waals surface area contributed by atoms with E-state index in [1.54, 1.807) is 27.7 Å². The highest BCUT2D eigenvalue weighted by atomic mass is 32.2. The molecular weight excluding hydrogens is 727 g/mol. The number of rotatable bonds is 25. The van der Waals surface area contributed by atoms with Crippen LogP contribution >= 0.6 is 11.8 Å². The van der Waals surface area contributed by atoms with E-state index in [0.29, 0.717) is 12.2 Å². The lowest BCUT2D eigenvalue weighted by Crippen LogP contribution is -2.61. The average molecular weight is 800 g/mol. The average Bonchev–Trinajstić information content (AvgIpc) is 3.14. The summed E-state index contributed by atoms with van der Waals surface area (Å²) in [5.74, 6) is -2.33. The number of aliphatic hydroxyl groups excluding tert-OH is 1. The van der Waals surface area contributed by atoms with Crippen molar-refractivity contribution >= 4 is 47.3 Å². The molecule has 0 aliphatic heterocycles. The Hall–Kier alpha value is -3.21. The zero-order chi connectivity index (χ0) is 42.6. The van der Waals surface area contributed by atoms with Crippen molar-refractivity contribution < 1.29 is 38.6 Å². The molecule has 0 saturated heterocycles. The van der Waals surface area contributed by atoms with E-state index in [1.165, 1.54) is 61.8 Å². The summed E-state index contributed by atoms with van der Waals surface area (Å²) in [6.45, 7) is 19.3. The predicted octanol–water partition coefficient (Wildman–Crippen LogP) is 2.72. The Kier molecular flexibility index (Phi) is 24.3. The number of nitrogens with one attached hydrogen (secondary N) is 3. The molecule has 0 aromatic rings. The van der Waals surface area contributed by atoms with Crippen LogP contribution in [0, 0.1) is 11.8 Å². The van der Waals surface area contributed by atoms with E-state index in [2.05, 4.69) is 34.7 Å². The standard InChI is InChI=1S/C39H73N7O8S/c1-15-19-20-27(7)33(48)32(45(13)31(47)23-26(5)6)35(50)41-28(16-2)36(51)44(12)30(25-55-22-21-46(17-3)18-4)37(52)43(11)29(24-39(8,9)54-14)34(49)42-38(53)40-10/h15,19,26-30,32-33,48H,16-18,20-25H2,1-14H3,(H,41,50)(H2,40,42,49,53)/b19-15+/t27-,28+,29+,30-,32+,33-/m1/s1. The molecule has 0 aliphatic carbocycles. The minimum atomic E-state index is -1.28. The first-order valence-corrected chi connectivity index (χ1v) is 20.6. The lowest BCUT2D eigenvalue weighted by atomic mass is 9.92. The number of ether oxygens (including phenoxy) is 1. The number of carbonyl (C=O) groups is 6. The second-order valence-electron chi connectivity index (χ2n) is 15.1. The smallest absolute Gasteiger partial charge is 0.321 e. The molecule has 0 unspecified atom stereocenters. The summed E-state index contributed by atoms with van der Waals surface area (Å²) in [6, 6.07) is -5.32. The maximum absolute atomic E-state index is 14.5. The highest BCUT2D eigenvalue weighted by Crippen LogP contribution is 2.23. The zero-order valence-electron chi connectivity index (χ0n) is 36.1. The number of amides is 7. The van der Waals surface area contributed by atoms with Crippen molar-refractivity contribution in [3.05, 3.63) is 12.2 Å². The van der Waals surface area contributed by atoms with Crippen molar-refractivity contribution in [1.82, 2.24) is 35.6 Å². The molecule has 0 aromatic carbocycles. The van der Waals surface area contributed by atoms with Crippen LogP contribution < -0.4 is 16.0 Å². The van der Waals surface area contributed by atoms with Crippen LogP contribution in [0.25, 0.3) is 0 Å². The fourth-order valence-electron chi connectivity index (χ4n) is 5.88. The summed E-state index contributed by atoms with van der Waals surface area (Å²) in [7, 11) is 7.28. The maximum atomic E-state index is 14.5. The number of imide groups is 1. The van der Waals surface area contributed by atoms with E-state index in [1.807, 2.05) is 32.9 Å². The summed E-state index contributed by atoms with van der Waals surface area (Å²) in [4.78, 5) is 87.6. The minimum Gasteiger partial charge on any atom is -0.390 e. The van der Waals surface area contributed by atoms with Gasteiger partial charge in [-0.2, -0.15) is 11.8 Å². The van der Waals surface area contributed by atoms with Crippen LogP contribution in [-0.4, -0.2) is 163 Å². The first-order chi connectivity index (χ1) is 25.7. The number of methoxy groups -OCH3 is 1. The number of nitrogens with zero attached hydrogens (tertiary/aromatic N) is 4. The summed E-state index contributed by atoms with van der Waals surface area (Å²) in [5, 5.41) is 18.8. The fraction of sp³-hybridized carbons (Fsp3) is 0.795. The zero-order valence-corrected chi connectivity index (χ0v) is 36.9. The summed E-state index contributed by atoms with van der Waals surface area (Å²) >= 11 is 1.48. The van der Waals surface area contributed by atoms with Gasteiger partial charge in [-0.15, -0.1) is 0 Å². The van der Waals surface area contributed by atoms with Gasteiger partial charge in [0.25, 0.3) is 5.91 Å². The Morgan fingerprint density at radius 2 is 1.47 bits per heavy atom. The molecule has 0 fully saturated rings. The number of urea groups is 1. The highest BCUT2D eigenvalue weighted by molar-refractivity contribution is 7.99. The van der Waals surface area contributed by atoms with Crippen LogP contribution in [-0.2, 0) is 28.7 Å². The normalized spacial score (nSPS) is 15.1. The van der Waals surface area contributed by atoms with Gasteiger partial charge in [0, 0.05) is 66.2 Å². The summed E-state index contributed by atoms with van der Waals surface area (Å²) < 4.78 is 5.57. The van der Waals surface area contributed by atoms with Crippen LogP contribution in [0.15, 0.2) is 12.2 Å². The first kappa shape index (κ1) is 51.8. The van der Waals surface area contributed by atoms with Crippen LogP contribution in [0.3, 0.4) is 0 Å². The van der Waals surface area contributed by atoms with Gasteiger partial charge in [0.05, 0.1) is 11.7 Å². The molecule has 0 saturated carbocycles. The highest BCUT2D eigenvalue weighted by Gasteiger charge is 2.41. The van der Waals surface area contributed by atoms with E-state index in [9.17, 15) is 33.9 Å². The third-order valence-electron chi connectivity index (χ3n) is 9.98. The van der Waals surface area contributed by atoms with Gasteiger partial charge in [-0.1, -0.05) is 53.7 Å². The first-order valence-electron chi connectivity index (χ1n) is 19.4. The molecule has 55 heavy (non-hydrogen) atoms. The predicted molar refractivity (Wildman–Crippen MR) is 219 cm³/mol. The number of hydrogen-bond donors (Lipinski definition) is 4. The molecule has 0 heterocycles. The molecule has 15 nitrogen and oxygen atoms in total. The van der Waals surface area contributed by atoms with Crippen LogP contribution in [0.1, 0.15) is 88.0 Å². The second-order valence-corrected chi connectivity index (χ2v) is 16.2. The topological polar surface area (TPSA) is 181 Å². The largest absolute Gasteiger partial charge is 0.390 e. The van der Waals surface area contributed by atoms with E-state index < -0.39 is 65.5 Å². The third kappa shape index (κ3) is 17.2. The Morgan fingerprint density at radius 1 is 0.891 bits per heavy atom. The third-order valence-corrected chi connectivity index (χ3v) is 11.0. The summed E-state index contributed by atoms with van der Waals surface area (Å²) in [6.07, 6.45) is 3.33. The van der Waals surface area contributed by atoms with E-state index in [4.69, 9.17) is 4.74 Å². The Balaban J connectivity index is 6.80. The molecule has 7 amide bonds. The van der Waals surface area contributed by atoms with Crippen LogP contribution in [0.2, 0.25) is 0 Å².